The van der Waals surface area contributed by atoms with Crippen LogP contribution in [0, 0.1) is 13.8 Å². The molecule has 0 fully saturated rings. The van der Waals surface area contributed by atoms with Crippen LogP contribution in [0.3, 0.4) is 0 Å². The highest BCUT2D eigenvalue weighted by Gasteiger charge is 2.13. The van der Waals surface area contributed by atoms with Crippen molar-refractivity contribution in [1.29, 1.82) is 0 Å². The number of pyridine rings is 1. The summed E-state index contributed by atoms with van der Waals surface area (Å²) in [7, 11) is 2.00. The fraction of sp³-hybridized carbons (Fsp3) is 0.200. The molecule has 96 valence electrons. The fourth-order valence-corrected chi connectivity index (χ4v) is 2.44. The third-order valence-electron chi connectivity index (χ3n) is 3.50. The molecule has 1 aromatic carbocycles. The van der Waals surface area contributed by atoms with Crippen LogP contribution in [0.1, 0.15) is 11.1 Å². The molecule has 3 nitrogen and oxygen atoms in total. The summed E-state index contributed by atoms with van der Waals surface area (Å²) in [6.07, 6.45) is 1.68. The summed E-state index contributed by atoms with van der Waals surface area (Å²) in [4.78, 5) is 8.80. The van der Waals surface area contributed by atoms with Crippen LogP contribution in [-0.4, -0.2) is 14.5 Å². The van der Waals surface area contributed by atoms with Crippen molar-refractivity contribution < 1.29 is 0 Å². The number of fused-ring (bicyclic) bond motifs is 1. The minimum atomic E-state index is 0.481. The number of aryl methyl sites for hydroxylation is 3. The molecule has 4 heteroatoms. The number of halogens is 1. The molecule has 0 saturated carbocycles. The Morgan fingerprint density at radius 3 is 2.63 bits per heavy atom. The lowest BCUT2D eigenvalue weighted by Crippen LogP contribution is -1.94. The zero-order valence-electron chi connectivity index (χ0n) is 11.1. The van der Waals surface area contributed by atoms with E-state index in [1.165, 1.54) is 11.1 Å². The summed E-state index contributed by atoms with van der Waals surface area (Å²) in [5.74, 6) is 0.845. The van der Waals surface area contributed by atoms with Gasteiger partial charge in [-0.2, -0.15) is 0 Å². The van der Waals surface area contributed by atoms with Gasteiger partial charge in [-0.3, -0.25) is 0 Å². The Labute approximate surface area is 116 Å². The maximum absolute atomic E-state index is 6.16. The molecule has 0 aliphatic carbocycles. The lowest BCUT2D eigenvalue weighted by molar-refractivity contribution is 0.957. The first-order valence-corrected chi connectivity index (χ1v) is 6.50. The number of hydrogen-bond acceptors (Lipinski definition) is 2. The van der Waals surface area contributed by atoms with Crippen molar-refractivity contribution in [3.63, 3.8) is 0 Å². The predicted molar refractivity (Wildman–Crippen MR) is 78.4 cm³/mol. The van der Waals surface area contributed by atoms with Gasteiger partial charge in [0.05, 0.1) is 16.6 Å². The highest BCUT2D eigenvalue weighted by Crippen LogP contribution is 2.29. The summed E-state index contributed by atoms with van der Waals surface area (Å²) in [5, 5.41) is 0.481. The van der Waals surface area contributed by atoms with Crippen molar-refractivity contribution in [2.45, 2.75) is 13.8 Å². The molecule has 0 amide bonds. The van der Waals surface area contributed by atoms with Crippen molar-refractivity contribution in [1.82, 2.24) is 14.5 Å². The summed E-state index contributed by atoms with van der Waals surface area (Å²) in [6, 6.07) is 8.08. The van der Waals surface area contributed by atoms with Gasteiger partial charge in [0.2, 0.25) is 0 Å². The highest BCUT2D eigenvalue weighted by molar-refractivity contribution is 6.32. The largest absolute Gasteiger partial charge is 0.327 e. The van der Waals surface area contributed by atoms with Gasteiger partial charge in [0, 0.05) is 13.2 Å². The van der Waals surface area contributed by atoms with E-state index in [0.29, 0.717) is 5.15 Å². The van der Waals surface area contributed by atoms with E-state index < -0.39 is 0 Å². The Morgan fingerprint density at radius 1 is 1.16 bits per heavy atom. The minimum absolute atomic E-state index is 0.481. The molecule has 19 heavy (non-hydrogen) atoms. The van der Waals surface area contributed by atoms with Crippen LogP contribution in [0.15, 0.2) is 30.5 Å². The van der Waals surface area contributed by atoms with Gasteiger partial charge >= 0.3 is 0 Å². The maximum atomic E-state index is 6.16. The summed E-state index contributed by atoms with van der Waals surface area (Å²) in [5.41, 5.74) is 5.46. The molecule has 2 heterocycles. The number of imidazole rings is 1. The normalized spacial score (nSPS) is 11.2. The monoisotopic (exact) mass is 271 g/mol. The van der Waals surface area contributed by atoms with Crippen molar-refractivity contribution >= 4 is 22.6 Å². The third-order valence-corrected chi connectivity index (χ3v) is 3.80. The second-order valence-corrected chi connectivity index (χ2v) is 5.12. The third kappa shape index (κ3) is 1.90. The van der Waals surface area contributed by atoms with E-state index in [0.717, 1.165) is 22.4 Å². The van der Waals surface area contributed by atoms with Crippen LogP contribution in [0.5, 0.6) is 0 Å². The van der Waals surface area contributed by atoms with Gasteiger partial charge in [0.25, 0.3) is 0 Å². The quantitative estimate of drug-likeness (QED) is 0.629. The number of rotatable bonds is 1. The molecule has 2 aromatic heterocycles. The first kappa shape index (κ1) is 12.2. The molecule has 0 bridgehead atoms. The molecule has 0 aliphatic heterocycles. The van der Waals surface area contributed by atoms with E-state index in [-0.39, 0.29) is 0 Å². The van der Waals surface area contributed by atoms with Gasteiger partial charge in [-0.05, 0) is 49.2 Å². The number of aromatic nitrogens is 3. The molecule has 0 spiro atoms. The van der Waals surface area contributed by atoms with Crippen LogP contribution >= 0.6 is 11.6 Å². The average Bonchev–Trinajstić information content (AvgIpc) is 2.68. The minimum Gasteiger partial charge on any atom is -0.327 e. The van der Waals surface area contributed by atoms with Crippen LogP contribution in [-0.2, 0) is 7.05 Å². The Morgan fingerprint density at radius 2 is 1.89 bits per heavy atom. The van der Waals surface area contributed by atoms with E-state index in [9.17, 15) is 0 Å². The molecule has 0 unspecified atom stereocenters. The Hall–Kier alpha value is -1.87. The van der Waals surface area contributed by atoms with Crippen LogP contribution in [0.25, 0.3) is 22.4 Å². The van der Waals surface area contributed by atoms with Gasteiger partial charge in [0.15, 0.2) is 0 Å². The Kier molecular flexibility index (Phi) is 2.79. The van der Waals surface area contributed by atoms with Crippen LogP contribution < -0.4 is 0 Å². The highest BCUT2D eigenvalue weighted by atomic mass is 35.5. The first-order valence-electron chi connectivity index (χ1n) is 6.12. The van der Waals surface area contributed by atoms with Gasteiger partial charge in [0.1, 0.15) is 11.0 Å². The molecule has 0 radical (unpaired) electrons. The Bertz CT molecular complexity index is 774. The van der Waals surface area contributed by atoms with Gasteiger partial charge < -0.3 is 4.57 Å². The molecule has 0 aliphatic rings. The Balaban J connectivity index is 2.32. The zero-order valence-corrected chi connectivity index (χ0v) is 11.9. The summed E-state index contributed by atoms with van der Waals surface area (Å²) in [6.45, 7) is 4.21. The van der Waals surface area contributed by atoms with E-state index in [2.05, 4.69) is 40.5 Å². The number of benzene rings is 1. The second-order valence-electron chi connectivity index (χ2n) is 4.76. The topological polar surface area (TPSA) is 30.7 Å². The van der Waals surface area contributed by atoms with Gasteiger partial charge in [-0.15, -0.1) is 0 Å². The SMILES string of the molecule is Cc1cc2nc(-c3cccnc3Cl)n(C)c2cc1C. The lowest BCUT2D eigenvalue weighted by Gasteiger charge is -2.04. The van der Waals surface area contributed by atoms with Crippen molar-refractivity contribution in [3.05, 3.63) is 46.7 Å². The van der Waals surface area contributed by atoms with Crippen LogP contribution in [0.2, 0.25) is 5.15 Å². The van der Waals surface area contributed by atoms with E-state index >= 15 is 0 Å². The standard InChI is InChI=1S/C15H14ClN3/c1-9-7-12-13(8-10(9)2)19(3)15(18-12)11-5-4-6-17-14(11)16/h4-8H,1-3H3. The average molecular weight is 272 g/mol. The van der Waals surface area contributed by atoms with E-state index in [1.807, 2.05) is 19.2 Å². The molecule has 0 N–H and O–H groups in total. The van der Waals surface area contributed by atoms with Crippen molar-refractivity contribution in [2.24, 2.45) is 7.05 Å². The van der Waals surface area contributed by atoms with E-state index in [1.54, 1.807) is 6.20 Å². The fourth-order valence-electron chi connectivity index (χ4n) is 2.24. The predicted octanol–water partition coefficient (Wildman–Crippen LogP) is 3.91. The zero-order chi connectivity index (χ0) is 13.6. The first-order chi connectivity index (χ1) is 9.08. The second kappa shape index (κ2) is 4.35. The van der Waals surface area contributed by atoms with Gasteiger partial charge in [-0.25, -0.2) is 9.97 Å². The smallest absolute Gasteiger partial charge is 0.143 e. The van der Waals surface area contributed by atoms with Crippen molar-refractivity contribution in [3.8, 4) is 11.4 Å². The summed E-state index contributed by atoms with van der Waals surface area (Å²) >= 11 is 6.16. The summed E-state index contributed by atoms with van der Waals surface area (Å²) < 4.78 is 2.06. The molecular formula is C15H14ClN3. The maximum Gasteiger partial charge on any atom is 0.143 e. The van der Waals surface area contributed by atoms with Crippen LogP contribution in [0.4, 0.5) is 0 Å². The molecular weight excluding hydrogens is 258 g/mol. The lowest BCUT2D eigenvalue weighted by atomic mass is 10.1. The van der Waals surface area contributed by atoms with E-state index in [4.69, 9.17) is 11.6 Å². The molecule has 0 saturated heterocycles. The molecule has 3 rings (SSSR count). The van der Waals surface area contributed by atoms with Crippen molar-refractivity contribution in [2.75, 3.05) is 0 Å². The number of hydrogen-bond donors (Lipinski definition) is 0. The molecule has 0 atom stereocenters. The van der Waals surface area contributed by atoms with Gasteiger partial charge in [-0.1, -0.05) is 11.6 Å². The molecule has 3 aromatic rings. The number of nitrogens with zero attached hydrogens (tertiary/aromatic N) is 3.